The quantitative estimate of drug-likeness (QED) is 0.526. The van der Waals surface area contributed by atoms with E-state index in [0.29, 0.717) is 12.0 Å². The van der Waals surface area contributed by atoms with Crippen molar-refractivity contribution in [1.29, 1.82) is 0 Å². The Hall–Kier alpha value is -2.08. The van der Waals surface area contributed by atoms with Crippen molar-refractivity contribution in [2.75, 3.05) is 0 Å². The van der Waals surface area contributed by atoms with Gasteiger partial charge in [0.15, 0.2) is 0 Å². The molecule has 0 unspecified atom stereocenters. The van der Waals surface area contributed by atoms with E-state index in [1.54, 1.807) is 30.3 Å². The molecule has 19 heavy (non-hydrogen) atoms. The van der Waals surface area contributed by atoms with Crippen LogP contribution >= 0.6 is 0 Å². The number of aliphatic hydroxyl groups is 3. The molecule has 5 heteroatoms. The van der Waals surface area contributed by atoms with Crippen molar-refractivity contribution < 1.29 is 25.5 Å². The van der Waals surface area contributed by atoms with E-state index < -0.39 is 11.7 Å². The summed E-state index contributed by atoms with van der Waals surface area (Å²) in [5.41, 5.74) is 1.21. The minimum absolute atomic E-state index is 0.162. The maximum atomic E-state index is 9.46. The third kappa shape index (κ3) is 3.23. The normalized spacial score (nSPS) is 11.5. The third-order valence-corrected chi connectivity index (χ3v) is 2.77. The highest BCUT2D eigenvalue weighted by atomic mass is 16.7. The largest absolute Gasteiger partial charge is 0.508 e. The van der Waals surface area contributed by atoms with E-state index in [0.717, 1.165) is 5.56 Å². The first-order chi connectivity index (χ1) is 8.86. The minimum Gasteiger partial charge on any atom is -0.508 e. The first-order valence-electron chi connectivity index (χ1n) is 5.63. The zero-order chi connectivity index (χ0) is 14.0. The molecule has 0 aliphatic heterocycles. The van der Waals surface area contributed by atoms with Crippen LogP contribution in [0.5, 0.6) is 11.5 Å². The average molecular weight is 262 g/mol. The van der Waals surface area contributed by atoms with Crippen molar-refractivity contribution in [1.82, 2.24) is 0 Å². The molecule has 0 aromatic heterocycles. The summed E-state index contributed by atoms with van der Waals surface area (Å²) in [6, 6.07) is 10.7. The van der Waals surface area contributed by atoms with E-state index in [9.17, 15) is 10.2 Å². The van der Waals surface area contributed by atoms with Gasteiger partial charge in [0.2, 0.25) is 0 Å². The highest BCUT2D eigenvalue weighted by Gasteiger charge is 2.25. The lowest BCUT2D eigenvalue weighted by atomic mass is 10.0. The number of hydrogen-bond acceptors (Lipinski definition) is 5. The summed E-state index contributed by atoms with van der Waals surface area (Å²) in [5, 5.41) is 46.0. The lowest BCUT2D eigenvalue weighted by molar-refractivity contribution is -0.324. The molecule has 5 N–H and O–H groups in total. The predicted octanol–water partition coefficient (Wildman–Crippen LogP) is 0.776. The molecular formula is C14H14O5. The van der Waals surface area contributed by atoms with Crippen LogP contribution in [0.3, 0.4) is 0 Å². The van der Waals surface area contributed by atoms with Gasteiger partial charge in [-0.2, -0.15) is 0 Å². The Morgan fingerprint density at radius 2 is 1.37 bits per heavy atom. The minimum atomic E-state index is -3.07. The van der Waals surface area contributed by atoms with Crippen LogP contribution in [0.2, 0.25) is 0 Å². The average Bonchev–Trinajstić information content (AvgIpc) is 2.33. The van der Waals surface area contributed by atoms with Crippen LogP contribution in [-0.2, 0) is 12.4 Å². The molecule has 0 atom stereocenters. The Morgan fingerprint density at radius 1 is 0.789 bits per heavy atom. The topological polar surface area (TPSA) is 101 Å². The fourth-order valence-corrected chi connectivity index (χ4v) is 1.81. The van der Waals surface area contributed by atoms with Crippen molar-refractivity contribution in [3.05, 3.63) is 59.2 Å². The zero-order valence-corrected chi connectivity index (χ0v) is 9.98. The Balaban J connectivity index is 2.29. The van der Waals surface area contributed by atoms with Gasteiger partial charge in [-0.1, -0.05) is 18.2 Å². The van der Waals surface area contributed by atoms with Crippen LogP contribution in [0.25, 0.3) is 0 Å². The van der Waals surface area contributed by atoms with Gasteiger partial charge < -0.3 is 25.5 Å². The van der Waals surface area contributed by atoms with Crippen molar-refractivity contribution in [2.24, 2.45) is 0 Å². The summed E-state index contributed by atoms with van der Waals surface area (Å²) in [7, 11) is 0. The van der Waals surface area contributed by atoms with Crippen molar-refractivity contribution in [3.8, 4) is 11.5 Å². The monoisotopic (exact) mass is 262 g/mol. The maximum absolute atomic E-state index is 9.46. The van der Waals surface area contributed by atoms with Gasteiger partial charge in [0, 0.05) is 0 Å². The SMILES string of the molecule is Oc1ccc(Cc2ccc(O)c(C(O)(O)O)c2)cc1. The number of phenolic OH excluding ortho intramolecular Hbond substituents is 2. The summed E-state index contributed by atoms with van der Waals surface area (Å²) in [6.45, 7) is 0. The van der Waals surface area contributed by atoms with Crippen molar-refractivity contribution in [2.45, 2.75) is 12.4 Å². The molecule has 0 radical (unpaired) electrons. The lowest BCUT2D eigenvalue weighted by Gasteiger charge is -2.16. The lowest BCUT2D eigenvalue weighted by Crippen LogP contribution is -2.24. The molecule has 0 saturated carbocycles. The van der Waals surface area contributed by atoms with Gasteiger partial charge in [0.05, 0.1) is 5.56 Å². The Kier molecular flexibility index (Phi) is 3.44. The number of benzene rings is 2. The van der Waals surface area contributed by atoms with E-state index in [1.807, 2.05) is 0 Å². The van der Waals surface area contributed by atoms with Crippen LogP contribution in [0.1, 0.15) is 16.7 Å². The smallest absolute Gasteiger partial charge is 0.308 e. The summed E-state index contributed by atoms with van der Waals surface area (Å²) >= 11 is 0. The maximum Gasteiger partial charge on any atom is 0.308 e. The van der Waals surface area contributed by atoms with Gasteiger partial charge >= 0.3 is 5.97 Å². The first kappa shape index (κ1) is 13.4. The molecule has 0 fully saturated rings. The van der Waals surface area contributed by atoms with E-state index in [2.05, 4.69) is 0 Å². The van der Waals surface area contributed by atoms with Crippen LogP contribution in [0.4, 0.5) is 0 Å². The number of aromatic hydroxyl groups is 2. The van der Waals surface area contributed by atoms with Crippen molar-refractivity contribution in [3.63, 3.8) is 0 Å². The number of phenols is 2. The molecule has 2 aromatic carbocycles. The highest BCUT2D eigenvalue weighted by Crippen LogP contribution is 2.27. The Morgan fingerprint density at radius 3 is 1.95 bits per heavy atom. The van der Waals surface area contributed by atoms with Gasteiger partial charge in [0.1, 0.15) is 11.5 Å². The van der Waals surface area contributed by atoms with E-state index in [4.69, 9.17) is 15.3 Å². The van der Waals surface area contributed by atoms with Crippen molar-refractivity contribution >= 4 is 0 Å². The highest BCUT2D eigenvalue weighted by molar-refractivity contribution is 5.40. The fourth-order valence-electron chi connectivity index (χ4n) is 1.81. The molecule has 0 bridgehead atoms. The molecule has 5 nitrogen and oxygen atoms in total. The molecular weight excluding hydrogens is 248 g/mol. The molecule has 0 saturated heterocycles. The van der Waals surface area contributed by atoms with E-state index in [-0.39, 0.29) is 11.3 Å². The van der Waals surface area contributed by atoms with Crippen LogP contribution in [0, 0.1) is 0 Å². The predicted molar refractivity (Wildman–Crippen MR) is 67.4 cm³/mol. The summed E-state index contributed by atoms with van der Waals surface area (Å²) in [4.78, 5) is 0. The third-order valence-electron chi connectivity index (χ3n) is 2.77. The van der Waals surface area contributed by atoms with Crippen LogP contribution in [-0.4, -0.2) is 25.5 Å². The van der Waals surface area contributed by atoms with Crippen LogP contribution < -0.4 is 0 Å². The van der Waals surface area contributed by atoms with Gasteiger partial charge in [0.25, 0.3) is 0 Å². The summed E-state index contributed by atoms with van der Waals surface area (Å²) in [5.74, 6) is -3.31. The first-order valence-corrected chi connectivity index (χ1v) is 5.63. The number of hydrogen-bond donors (Lipinski definition) is 5. The standard InChI is InChI=1S/C14H14O5/c15-11-4-1-9(2-5-11)7-10-3-6-13(16)12(8-10)14(17,18)19/h1-6,8,15-19H,7H2. The molecule has 2 rings (SSSR count). The Labute approximate surface area is 109 Å². The zero-order valence-electron chi connectivity index (χ0n) is 9.98. The van der Waals surface area contributed by atoms with Crippen LogP contribution in [0.15, 0.2) is 42.5 Å². The Bertz CT molecular complexity index is 569. The summed E-state index contributed by atoms with van der Waals surface area (Å²) in [6.07, 6.45) is 0.462. The second-order valence-corrected chi connectivity index (χ2v) is 4.33. The summed E-state index contributed by atoms with van der Waals surface area (Å²) < 4.78 is 0. The molecule has 0 amide bonds. The van der Waals surface area contributed by atoms with E-state index in [1.165, 1.54) is 12.1 Å². The number of rotatable bonds is 3. The van der Waals surface area contributed by atoms with Gasteiger partial charge in [-0.25, -0.2) is 0 Å². The molecule has 0 aliphatic carbocycles. The van der Waals surface area contributed by atoms with Gasteiger partial charge in [-0.15, -0.1) is 0 Å². The second kappa shape index (κ2) is 4.89. The molecule has 0 aliphatic rings. The molecule has 0 spiro atoms. The fraction of sp³-hybridized carbons (Fsp3) is 0.143. The molecule has 100 valence electrons. The second-order valence-electron chi connectivity index (χ2n) is 4.33. The van der Waals surface area contributed by atoms with Gasteiger partial charge in [-0.3, -0.25) is 0 Å². The molecule has 0 heterocycles. The molecule has 2 aromatic rings. The van der Waals surface area contributed by atoms with Gasteiger partial charge in [-0.05, 0) is 41.8 Å². The van der Waals surface area contributed by atoms with E-state index >= 15 is 0 Å².